The van der Waals surface area contributed by atoms with Gasteiger partial charge in [0.25, 0.3) is 5.91 Å². The first-order valence-corrected chi connectivity index (χ1v) is 5.30. The van der Waals surface area contributed by atoms with Crippen LogP contribution >= 0.6 is 11.6 Å². The molecule has 1 amide bonds. The highest BCUT2D eigenvalue weighted by molar-refractivity contribution is 6.34. The van der Waals surface area contributed by atoms with E-state index in [0.29, 0.717) is 22.1 Å². The van der Waals surface area contributed by atoms with Gasteiger partial charge in [0.15, 0.2) is 0 Å². The highest BCUT2D eigenvalue weighted by Crippen LogP contribution is 2.28. The number of carbonyl (C=O) groups excluding carboxylic acids is 1. The van der Waals surface area contributed by atoms with Crippen LogP contribution in [0.15, 0.2) is 30.5 Å². The number of halogens is 1. The molecule has 1 aromatic carbocycles. The summed E-state index contributed by atoms with van der Waals surface area (Å²) in [6, 6.07) is 6.67. The molecule has 2 aromatic rings. The Morgan fingerprint density at radius 1 is 1.47 bits per heavy atom. The van der Waals surface area contributed by atoms with Crippen LogP contribution in [0.1, 0.15) is 10.5 Å². The van der Waals surface area contributed by atoms with Crippen LogP contribution in [0.3, 0.4) is 0 Å². The van der Waals surface area contributed by atoms with Gasteiger partial charge in [0.1, 0.15) is 5.69 Å². The van der Waals surface area contributed by atoms with Crippen molar-refractivity contribution in [2.45, 2.75) is 0 Å². The van der Waals surface area contributed by atoms with Crippen LogP contribution in [0.4, 0.5) is 11.4 Å². The van der Waals surface area contributed by atoms with E-state index in [1.807, 2.05) is 0 Å². The smallest absolute Gasteiger partial charge is 0.274 e. The fraction of sp³-hybridized carbons (Fsp3) is 0.0909. The summed E-state index contributed by atoms with van der Waals surface area (Å²) in [4.78, 5) is 11.9. The first-order chi connectivity index (χ1) is 8.09. The molecule has 0 saturated heterocycles. The number of carbonyl (C=O) groups is 1. The summed E-state index contributed by atoms with van der Waals surface area (Å²) in [6.45, 7) is 0. The van der Waals surface area contributed by atoms with Crippen LogP contribution in [0.25, 0.3) is 0 Å². The van der Waals surface area contributed by atoms with Gasteiger partial charge < -0.3 is 11.1 Å². The molecule has 6 heteroatoms. The highest BCUT2D eigenvalue weighted by Gasteiger charge is 2.13. The minimum absolute atomic E-state index is 0.301. The maximum absolute atomic E-state index is 11.9. The Labute approximate surface area is 103 Å². The van der Waals surface area contributed by atoms with E-state index in [9.17, 15) is 4.79 Å². The van der Waals surface area contributed by atoms with Gasteiger partial charge in [0, 0.05) is 13.2 Å². The quantitative estimate of drug-likeness (QED) is 0.800. The molecule has 1 heterocycles. The average Bonchev–Trinajstić information content (AvgIpc) is 2.70. The van der Waals surface area contributed by atoms with Crippen LogP contribution in [-0.2, 0) is 7.05 Å². The van der Waals surface area contributed by atoms with E-state index in [0.717, 1.165) is 0 Å². The van der Waals surface area contributed by atoms with Gasteiger partial charge in [-0.3, -0.25) is 9.48 Å². The Morgan fingerprint density at radius 2 is 2.24 bits per heavy atom. The number of aromatic nitrogens is 2. The number of nitrogens with one attached hydrogen (secondary N) is 1. The first kappa shape index (κ1) is 11.5. The second-order valence-electron chi connectivity index (χ2n) is 3.50. The molecular formula is C11H11ClN4O. The van der Waals surface area contributed by atoms with Gasteiger partial charge in [0.2, 0.25) is 0 Å². The second-order valence-corrected chi connectivity index (χ2v) is 3.91. The zero-order valence-corrected chi connectivity index (χ0v) is 9.90. The van der Waals surface area contributed by atoms with Crippen molar-refractivity contribution < 1.29 is 4.79 Å². The van der Waals surface area contributed by atoms with Gasteiger partial charge in [-0.15, -0.1) is 0 Å². The van der Waals surface area contributed by atoms with E-state index < -0.39 is 0 Å². The molecule has 1 aromatic heterocycles. The second kappa shape index (κ2) is 4.47. The third-order valence-electron chi connectivity index (χ3n) is 2.34. The Kier molecular flexibility index (Phi) is 3.01. The van der Waals surface area contributed by atoms with E-state index in [4.69, 9.17) is 17.3 Å². The number of amides is 1. The number of benzene rings is 1. The van der Waals surface area contributed by atoms with E-state index in [-0.39, 0.29) is 5.91 Å². The summed E-state index contributed by atoms with van der Waals surface area (Å²) in [5.74, 6) is -0.301. The van der Waals surface area contributed by atoms with Gasteiger partial charge in [-0.25, -0.2) is 0 Å². The number of nitrogens with zero attached hydrogens (tertiary/aromatic N) is 2. The number of hydrogen-bond donors (Lipinski definition) is 2. The molecule has 0 bridgehead atoms. The molecule has 0 unspecified atom stereocenters. The SMILES string of the molecule is Cn1nccc1C(=O)Nc1c(N)cccc1Cl. The van der Waals surface area contributed by atoms with Crippen molar-refractivity contribution in [3.05, 3.63) is 41.2 Å². The van der Waals surface area contributed by atoms with Crippen molar-refractivity contribution in [2.75, 3.05) is 11.1 Å². The summed E-state index contributed by atoms with van der Waals surface area (Å²) < 4.78 is 1.47. The summed E-state index contributed by atoms with van der Waals surface area (Å²) in [6.07, 6.45) is 1.55. The molecule has 0 aliphatic carbocycles. The number of aryl methyl sites for hydroxylation is 1. The third kappa shape index (κ3) is 2.24. The molecular weight excluding hydrogens is 240 g/mol. The molecule has 5 nitrogen and oxygen atoms in total. The Morgan fingerprint density at radius 3 is 2.82 bits per heavy atom. The lowest BCUT2D eigenvalue weighted by atomic mass is 10.2. The fourth-order valence-electron chi connectivity index (χ4n) is 1.45. The predicted molar refractivity (Wildman–Crippen MR) is 67.0 cm³/mol. The number of anilines is 2. The summed E-state index contributed by atoms with van der Waals surface area (Å²) in [5.41, 5.74) is 7.02. The number of rotatable bonds is 2. The average molecular weight is 251 g/mol. The minimum atomic E-state index is -0.301. The van der Waals surface area contributed by atoms with E-state index in [2.05, 4.69) is 10.4 Å². The van der Waals surface area contributed by atoms with Crippen LogP contribution in [-0.4, -0.2) is 15.7 Å². The highest BCUT2D eigenvalue weighted by atomic mass is 35.5. The van der Waals surface area contributed by atoms with Crippen molar-refractivity contribution in [1.29, 1.82) is 0 Å². The molecule has 88 valence electrons. The van der Waals surface area contributed by atoms with Gasteiger partial charge in [-0.1, -0.05) is 17.7 Å². The van der Waals surface area contributed by atoms with Crippen molar-refractivity contribution in [1.82, 2.24) is 9.78 Å². The molecule has 0 saturated carbocycles. The van der Waals surface area contributed by atoms with Crippen molar-refractivity contribution >= 4 is 28.9 Å². The van der Waals surface area contributed by atoms with Gasteiger partial charge in [-0.05, 0) is 18.2 Å². The van der Waals surface area contributed by atoms with Crippen molar-refractivity contribution in [3.8, 4) is 0 Å². The van der Waals surface area contributed by atoms with Crippen LogP contribution in [0.2, 0.25) is 5.02 Å². The molecule has 0 atom stereocenters. The molecule has 3 N–H and O–H groups in total. The monoisotopic (exact) mass is 250 g/mol. The van der Waals surface area contributed by atoms with Gasteiger partial charge >= 0.3 is 0 Å². The zero-order valence-electron chi connectivity index (χ0n) is 9.14. The number of nitrogens with two attached hydrogens (primary N) is 1. The summed E-state index contributed by atoms with van der Waals surface area (Å²) in [7, 11) is 1.69. The lowest BCUT2D eigenvalue weighted by Gasteiger charge is -2.09. The minimum Gasteiger partial charge on any atom is -0.397 e. The van der Waals surface area contributed by atoms with Crippen molar-refractivity contribution in [2.24, 2.45) is 7.05 Å². The molecule has 2 rings (SSSR count). The van der Waals surface area contributed by atoms with Crippen LogP contribution < -0.4 is 11.1 Å². The number of para-hydroxylation sites is 1. The maximum Gasteiger partial charge on any atom is 0.274 e. The fourth-order valence-corrected chi connectivity index (χ4v) is 1.68. The van der Waals surface area contributed by atoms with E-state index in [1.165, 1.54) is 4.68 Å². The maximum atomic E-state index is 11.9. The molecule has 0 radical (unpaired) electrons. The molecule has 17 heavy (non-hydrogen) atoms. The van der Waals surface area contributed by atoms with E-state index >= 15 is 0 Å². The number of hydrogen-bond acceptors (Lipinski definition) is 3. The van der Waals surface area contributed by atoms with Gasteiger partial charge in [0.05, 0.1) is 16.4 Å². The Hall–Kier alpha value is -2.01. The molecule has 0 aliphatic heterocycles. The zero-order chi connectivity index (χ0) is 12.4. The Bertz CT molecular complexity index is 544. The molecule has 0 spiro atoms. The molecule has 0 aliphatic rings. The van der Waals surface area contributed by atoms with Crippen LogP contribution in [0.5, 0.6) is 0 Å². The lowest BCUT2D eigenvalue weighted by molar-refractivity contribution is 0.101. The third-order valence-corrected chi connectivity index (χ3v) is 2.65. The first-order valence-electron chi connectivity index (χ1n) is 4.93. The lowest BCUT2D eigenvalue weighted by Crippen LogP contribution is -2.17. The normalized spacial score (nSPS) is 10.2. The summed E-state index contributed by atoms with van der Waals surface area (Å²) >= 11 is 5.96. The topological polar surface area (TPSA) is 72.9 Å². The van der Waals surface area contributed by atoms with E-state index in [1.54, 1.807) is 37.5 Å². The standard InChI is InChI=1S/C11H11ClN4O/c1-16-9(5-6-14-16)11(17)15-10-7(12)3-2-4-8(10)13/h2-6H,13H2,1H3,(H,15,17). The van der Waals surface area contributed by atoms with Crippen molar-refractivity contribution in [3.63, 3.8) is 0 Å². The predicted octanol–water partition coefficient (Wildman–Crippen LogP) is 1.91. The Balaban J connectivity index is 2.28. The summed E-state index contributed by atoms with van der Waals surface area (Å²) in [5, 5.41) is 6.98. The molecule has 0 fully saturated rings. The van der Waals surface area contributed by atoms with Gasteiger partial charge in [-0.2, -0.15) is 5.10 Å². The largest absolute Gasteiger partial charge is 0.397 e. The van der Waals surface area contributed by atoms with Crippen LogP contribution in [0, 0.1) is 0 Å². The number of nitrogen functional groups attached to an aromatic ring is 1.